The molecule has 0 bridgehead atoms. The molecular formula is C38H39Cl2FN8O. The zero-order chi connectivity index (χ0) is 35.7. The molecule has 9 nitrogen and oxygen atoms in total. The van der Waals surface area contributed by atoms with Crippen molar-refractivity contribution in [3.8, 4) is 6.07 Å². The number of carbonyl (C=O) groups excluding carboxylic acids is 1. The largest absolute Gasteiger partial charge is 0.354 e. The van der Waals surface area contributed by atoms with Gasteiger partial charge in [-0.2, -0.15) is 5.26 Å². The Morgan fingerprint density at radius 2 is 1.86 bits per heavy atom. The third-order valence-electron chi connectivity index (χ3n) is 9.35. The zero-order valence-corrected chi connectivity index (χ0v) is 30.2. The molecule has 3 heterocycles. The fourth-order valence-corrected chi connectivity index (χ4v) is 7.05. The van der Waals surface area contributed by atoms with E-state index in [9.17, 15) is 14.4 Å². The molecule has 0 aliphatic carbocycles. The summed E-state index contributed by atoms with van der Waals surface area (Å²) in [6, 6.07) is 18.1. The van der Waals surface area contributed by atoms with Crippen LogP contribution < -0.4 is 5.32 Å². The van der Waals surface area contributed by atoms with Crippen molar-refractivity contribution in [2.75, 3.05) is 32.5 Å². The van der Waals surface area contributed by atoms with Crippen LogP contribution in [0.5, 0.6) is 0 Å². The number of fused-ring (bicyclic) bond motifs is 1. The predicted octanol–water partition coefficient (Wildman–Crippen LogP) is 8.40. The second kappa shape index (κ2) is 14.4. The Morgan fingerprint density at radius 1 is 1.10 bits per heavy atom. The number of hydrogen-bond donors (Lipinski definition) is 1. The minimum absolute atomic E-state index is 0.0452. The summed E-state index contributed by atoms with van der Waals surface area (Å²) in [5.74, 6) is -0.918. The number of pyridine rings is 1. The smallest absolute Gasteiger partial charge is 0.253 e. The summed E-state index contributed by atoms with van der Waals surface area (Å²) < 4.78 is 15.9. The van der Waals surface area contributed by atoms with Gasteiger partial charge in [0.15, 0.2) is 0 Å². The SMILES string of the molecule is CN(C)C(=O)c1cccc([C@H](Cc2cc(Cl)c3ncc(C#N)c(Nc4ccc(F)c(Cl)c4)c3c2)c2cn(C3CCN(C(C)(C)C)CC3)nn2)c1. The average molecular weight is 714 g/mol. The summed E-state index contributed by atoms with van der Waals surface area (Å²) in [6.45, 7) is 8.70. The van der Waals surface area contributed by atoms with Crippen molar-refractivity contribution in [2.45, 2.75) is 57.5 Å². The van der Waals surface area contributed by atoms with Crippen LogP contribution in [0.3, 0.4) is 0 Å². The van der Waals surface area contributed by atoms with Gasteiger partial charge in [0.2, 0.25) is 0 Å². The molecule has 1 aliphatic heterocycles. The van der Waals surface area contributed by atoms with Crippen molar-refractivity contribution in [3.63, 3.8) is 0 Å². The minimum Gasteiger partial charge on any atom is -0.354 e. The quantitative estimate of drug-likeness (QED) is 0.172. The van der Waals surface area contributed by atoms with Crippen LogP contribution in [0.15, 0.2) is 67.0 Å². The van der Waals surface area contributed by atoms with Crippen LogP contribution in [0.4, 0.5) is 15.8 Å². The molecule has 6 rings (SSSR count). The van der Waals surface area contributed by atoms with Gasteiger partial charge in [-0.25, -0.2) is 9.07 Å². The highest BCUT2D eigenvalue weighted by Crippen LogP contribution is 2.37. The van der Waals surface area contributed by atoms with Crippen molar-refractivity contribution < 1.29 is 9.18 Å². The molecule has 1 N–H and O–H groups in total. The van der Waals surface area contributed by atoms with E-state index in [-0.39, 0.29) is 34.0 Å². The second-order valence-electron chi connectivity index (χ2n) is 14.0. The predicted molar refractivity (Wildman–Crippen MR) is 196 cm³/mol. The molecule has 258 valence electrons. The monoisotopic (exact) mass is 712 g/mol. The number of amides is 1. The molecule has 1 amide bonds. The lowest BCUT2D eigenvalue weighted by Gasteiger charge is -2.40. The number of nitriles is 1. The lowest BCUT2D eigenvalue weighted by atomic mass is 9.88. The van der Waals surface area contributed by atoms with E-state index in [1.54, 1.807) is 25.1 Å². The van der Waals surface area contributed by atoms with Gasteiger partial charge in [0.05, 0.1) is 38.5 Å². The van der Waals surface area contributed by atoms with Crippen molar-refractivity contribution in [1.29, 1.82) is 5.26 Å². The fourth-order valence-electron chi connectivity index (χ4n) is 6.58. The number of benzene rings is 3. The van der Waals surface area contributed by atoms with E-state index in [1.807, 2.05) is 47.3 Å². The van der Waals surface area contributed by atoms with E-state index < -0.39 is 5.82 Å². The number of nitrogens with one attached hydrogen (secondary N) is 1. The van der Waals surface area contributed by atoms with E-state index in [1.165, 1.54) is 18.3 Å². The first-order valence-corrected chi connectivity index (χ1v) is 17.3. The highest BCUT2D eigenvalue weighted by molar-refractivity contribution is 6.35. The highest BCUT2D eigenvalue weighted by atomic mass is 35.5. The maximum Gasteiger partial charge on any atom is 0.253 e. The highest BCUT2D eigenvalue weighted by Gasteiger charge is 2.29. The first kappa shape index (κ1) is 35.3. The van der Waals surface area contributed by atoms with Crippen LogP contribution in [0.2, 0.25) is 10.0 Å². The van der Waals surface area contributed by atoms with Crippen molar-refractivity contribution >= 4 is 51.4 Å². The van der Waals surface area contributed by atoms with E-state index in [0.29, 0.717) is 39.3 Å². The number of rotatable bonds is 8. The van der Waals surface area contributed by atoms with Gasteiger partial charge in [-0.05, 0) is 93.6 Å². The van der Waals surface area contributed by atoms with Gasteiger partial charge in [-0.15, -0.1) is 5.10 Å². The Bertz CT molecular complexity index is 2090. The van der Waals surface area contributed by atoms with Crippen LogP contribution in [0.1, 0.15) is 78.3 Å². The first-order chi connectivity index (χ1) is 23.8. The third-order valence-corrected chi connectivity index (χ3v) is 9.93. The normalized spacial score (nSPS) is 14.8. The van der Waals surface area contributed by atoms with Crippen LogP contribution in [0, 0.1) is 17.1 Å². The number of anilines is 2. The van der Waals surface area contributed by atoms with Gasteiger partial charge in [-0.3, -0.25) is 14.7 Å². The molecule has 1 aliphatic rings. The lowest BCUT2D eigenvalue weighted by molar-refractivity contribution is 0.0827. The van der Waals surface area contributed by atoms with Gasteiger partial charge in [0, 0.05) is 67.7 Å². The summed E-state index contributed by atoms with van der Waals surface area (Å²) in [4.78, 5) is 21.6. The van der Waals surface area contributed by atoms with Crippen molar-refractivity contribution in [1.82, 2.24) is 29.8 Å². The van der Waals surface area contributed by atoms with Gasteiger partial charge in [0.25, 0.3) is 5.91 Å². The number of likely N-dealkylation sites (tertiary alicyclic amines) is 1. The third kappa shape index (κ3) is 7.46. The molecule has 0 saturated carbocycles. The maximum atomic E-state index is 13.9. The Balaban J connectivity index is 1.40. The molecule has 1 atom stereocenters. The number of nitrogens with zero attached hydrogens (tertiary/aromatic N) is 7. The maximum absolute atomic E-state index is 13.9. The molecule has 50 heavy (non-hydrogen) atoms. The van der Waals surface area contributed by atoms with Crippen LogP contribution in [-0.2, 0) is 6.42 Å². The molecule has 12 heteroatoms. The van der Waals surface area contributed by atoms with Crippen LogP contribution >= 0.6 is 23.2 Å². The molecule has 0 radical (unpaired) electrons. The lowest BCUT2D eigenvalue weighted by Crippen LogP contribution is -2.46. The topological polar surface area (TPSA) is 103 Å². The molecule has 1 saturated heterocycles. The molecule has 0 spiro atoms. The van der Waals surface area contributed by atoms with Crippen LogP contribution in [0.25, 0.3) is 10.9 Å². The van der Waals surface area contributed by atoms with Gasteiger partial charge in [-0.1, -0.05) is 40.5 Å². The standard InChI is InChI=1S/C38H39Cl2FN8O/c1-38(2,3)48-13-11-28(12-14-48)49-22-34(45-46-49)29(24-7-6-8-25(18-24)37(50)47(4)5)15-23-16-30-35(44-27-9-10-33(41)31(39)19-27)26(20-42)21-43-36(30)32(40)17-23/h6-10,16-19,21-22,28-29H,11-15H2,1-5H3,(H,43,44)/t29-/m0/s1. The number of hydrogen-bond acceptors (Lipinski definition) is 7. The minimum atomic E-state index is -0.544. The van der Waals surface area contributed by atoms with E-state index in [4.69, 9.17) is 28.3 Å². The Hall–Kier alpha value is -4.56. The van der Waals surface area contributed by atoms with Crippen LogP contribution in [-0.4, -0.2) is 68.4 Å². The molecular weight excluding hydrogens is 674 g/mol. The molecule has 2 aromatic heterocycles. The molecule has 3 aromatic carbocycles. The second-order valence-corrected chi connectivity index (χ2v) is 14.8. The van der Waals surface area contributed by atoms with Crippen molar-refractivity contribution in [2.24, 2.45) is 0 Å². The average Bonchev–Trinajstić information content (AvgIpc) is 3.58. The number of halogens is 3. The van der Waals surface area contributed by atoms with E-state index in [0.717, 1.165) is 42.8 Å². The number of piperidine rings is 1. The Labute approximate surface area is 301 Å². The van der Waals surface area contributed by atoms with Gasteiger partial charge in [0.1, 0.15) is 11.9 Å². The Morgan fingerprint density at radius 3 is 2.54 bits per heavy atom. The summed E-state index contributed by atoms with van der Waals surface area (Å²) in [5, 5.41) is 23.6. The van der Waals surface area contributed by atoms with Gasteiger partial charge < -0.3 is 10.2 Å². The summed E-state index contributed by atoms with van der Waals surface area (Å²) in [7, 11) is 3.46. The van der Waals surface area contributed by atoms with Crippen molar-refractivity contribution in [3.05, 3.63) is 111 Å². The van der Waals surface area contributed by atoms with E-state index in [2.05, 4.69) is 47.3 Å². The summed E-state index contributed by atoms with van der Waals surface area (Å²) >= 11 is 12.9. The zero-order valence-electron chi connectivity index (χ0n) is 28.7. The summed E-state index contributed by atoms with van der Waals surface area (Å²) in [5.41, 5.74) is 5.02. The number of carbonyl (C=O) groups is 1. The van der Waals surface area contributed by atoms with E-state index >= 15 is 0 Å². The first-order valence-electron chi connectivity index (χ1n) is 16.5. The Kier molecular flexibility index (Phi) is 10.1. The molecule has 5 aromatic rings. The summed E-state index contributed by atoms with van der Waals surface area (Å²) in [6.07, 6.45) is 5.91. The number of aromatic nitrogens is 4. The molecule has 0 unspecified atom stereocenters. The fraction of sp³-hybridized carbons (Fsp3) is 0.342. The van der Waals surface area contributed by atoms with Gasteiger partial charge >= 0.3 is 0 Å². The molecule has 1 fully saturated rings.